The number of nitrogens with two attached hydrogens (primary N) is 7. The van der Waals surface area contributed by atoms with Crippen LogP contribution >= 0.6 is 0 Å². The summed E-state index contributed by atoms with van der Waals surface area (Å²) in [6.07, 6.45) is 25.3. The number of guanidine groups is 3. The fourth-order valence-electron chi connectivity index (χ4n) is 9.43. The standard InChI is InChI=1S/C62H118N16O7.3C2HF3O2/c1-3-5-7-9-11-13-15-17-19-21-23-25-27-29-31-39-53(79)70-46-48-78(49-47-71-54(80)40-32-30-28-26-24-22-20-18-16-14-12-10-8-6-4-2)56(82)42-41-55(81)75-51(37-34-44-73-61(66)67)58(84)77-52(38-35-45-74-62(68)69)59(85)76-50(57(63)83)36-33-43-72-60(64)65;3*3-2(4,5)1(6)7/h17-20,50-52H,3-16,21-49H2,1-2H3,(H2,63,83)(H,70,79)(H,71,80)(H,75,81)(H,76,85)(H,77,84)(H4,64,65,72)(H4,66,67,73)(H4,68,69,74);3*(H,6,7)/b19-17-,20-18-;;;/t50-,51-,52-;;;/m0.../s1. The molecule has 0 aliphatic carbocycles. The number of nitrogens with one attached hydrogen (secondary N) is 5. The Hall–Kier alpha value is -8.64. The summed E-state index contributed by atoms with van der Waals surface area (Å²) in [5.41, 5.74) is 38.5. The van der Waals surface area contributed by atoms with Crippen LogP contribution in [0.2, 0.25) is 0 Å². The zero-order valence-corrected chi connectivity index (χ0v) is 61.6. The van der Waals surface area contributed by atoms with Crippen molar-refractivity contribution in [1.82, 2.24) is 31.5 Å². The average Bonchev–Trinajstić information content (AvgIpc) is 0.872. The summed E-state index contributed by atoms with van der Waals surface area (Å²) < 4.78 is 95.2. The lowest BCUT2D eigenvalue weighted by Gasteiger charge is -2.25. The number of alkyl halides is 9. The molecule has 7 amide bonds. The van der Waals surface area contributed by atoms with Crippen LogP contribution in [-0.4, -0.2) is 180 Å². The van der Waals surface area contributed by atoms with E-state index in [-0.39, 0.29) is 126 Å². The molecule has 0 aromatic rings. The number of hydrogen-bond donors (Lipinski definition) is 15. The maximum Gasteiger partial charge on any atom is 0.490 e. The van der Waals surface area contributed by atoms with Gasteiger partial charge in [0, 0.05) is 71.5 Å². The first-order chi connectivity index (χ1) is 49.8. The van der Waals surface area contributed by atoms with Crippen LogP contribution in [0.3, 0.4) is 0 Å². The molecule has 0 aliphatic rings. The normalized spacial score (nSPS) is 12.0. The SMILES string of the molecule is CCCCCCCC/C=C\CCCCCCCC(=O)NCCN(CCNC(=O)CCCCCCC/C=C\CCCCCCCC)C(=O)CCC(=O)N[C@@H](CCCN=C(N)N)C(=O)N[C@@H](CCCN=C(N)N)C(=O)N[C@@H](CCCN=C(N)N)C(N)=O.O=C(O)C(F)(F)F.O=C(O)C(F)(F)F.O=C(O)C(F)(F)F. The summed E-state index contributed by atoms with van der Waals surface area (Å²) in [6, 6.07) is -3.55. The van der Waals surface area contributed by atoms with Gasteiger partial charge in [0.25, 0.3) is 0 Å². The number of carbonyl (C=O) groups is 10. The fraction of sp³-hybridized carbons (Fsp3) is 0.750. The van der Waals surface area contributed by atoms with Gasteiger partial charge in [-0.2, -0.15) is 39.5 Å². The van der Waals surface area contributed by atoms with Crippen LogP contribution in [0.1, 0.15) is 245 Å². The summed E-state index contributed by atoms with van der Waals surface area (Å²) in [5, 5.41) is 35.2. The van der Waals surface area contributed by atoms with Gasteiger partial charge in [-0.1, -0.05) is 141 Å². The fourth-order valence-corrected chi connectivity index (χ4v) is 9.43. The molecule has 0 heterocycles. The van der Waals surface area contributed by atoms with E-state index in [1.807, 2.05) is 0 Å². The smallest absolute Gasteiger partial charge is 0.475 e. The van der Waals surface area contributed by atoms with Crippen LogP contribution in [0.4, 0.5) is 39.5 Å². The van der Waals surface area contributed by atoms with E-state index in [9.17, 15) is 73.1 Å². The third-order valence-corrected chi connectivity index (χ3v) is 15.2. The molecule has 0 aromatic heterocycles. The number of allylic oxidation sites excluding steroid dienone is 4. The molecule has 3 atom stereocenters. The first-order valence-corrected chi connectivity index (χ1v) is 36.2. The number of carboxylic acids is 3. The quantitative estimate of drug-likeness (QED) is 0.00904. The van der Waals surface area contributed by atoms with E-state index in [4.69, 9.17) is 69.8 Å². The second-order valence-corrected chi connectivity index (χ2v) is 24.6. The molecule has 29 nitrogen and oxygen atoms in total. The third kappa shape index (κ3) is 71.0. The number of hydrogen-bond acceptors (Lipinski definition) is 13. The first kappa shape index (κ1) is 104. The number of aliphatic imine (C=N–C) groups is 3. The van der Waals surface area contributed by atoms with Crippen molar-refractivity contribution in [3.05, 3.63) is 24.3 Å². The number of carboxylic acid groups (broad SMARTS) is 3. The molecule has 0 saturated heterocycles. The molecule has 0 bridgehead atoms. The monoisotopic (exact) mass is 1540 g/mol. The molecular weight excluding hydrogens is 1420 g/mol. The predicted octanol–water partition coefficient (Wildman–Crippen LogP) is 7.90. The van der Waals surface area contributed by atoms with Crippen molar-refractivity contribution >= 4 is 77.1 Å². The lowest BCUT2D eigenvalue weighted by Crippen LogP contribution is -2.56. The number of unbranched alkanes of at least 4 members (excludes halogenated alkanes) is 22. The van der Waals surface area contributed by atoms with Gasteiger partial charge >= 0.3 is 36.4 Å². The van der Waals surface area contributed by atoms with Gasteiger partial charge < -0.3 is 86.9 Å². The summed E-state index contributed by atoms with van der Waals surface area (Å²) in [6.45, 7) is 5.57. The van der Waals surface area contributed by atoms with Gasteiger partial charge in [-0.05, 0) is 103 Å². The number of nitrogens with zero attached hydrogens (tertiary/aromatic N) is 4. The molecule has 38 heteroatoms. The van der Waals surface area contributed by atoms with Crippen molar-refractivity contribution in [2.45, 2.75) is 282 Å². The van der Waals surface area contributed by atoms with Crippen molar-refractivity contribution in [3.8, 4) is 0 Å². The van der Waals surface area contributed by atoms with E-state index in [1.54, 1.807) is 0 Å². The Balaban J connectivity index is -0.00000213. The molecular formula is C68H121F9N16O13. The molecule has 0 aromatic carbocycles. The minimum atomic E-state index is -5.08. The molecule has 0 rings (SSSR count). The Morgan fingerprint density at radius 3 is 0.934 bits per heavy atom. The molecule has 0 saturated carbocycles. The minimum absolute atomic E-state index is 0.0309. The lowest BCUT2D eigenvalue weighted by molar-refractivity contribution is -0.193. The number of halogens is 9. The third-order valence-electron chi connectivity index (χ3n) is 15.2. The molecule has 0 fully saturated rings. The van der Waals surface area contributed by atoms with Crippen LogP contribution in [-0.2, 0) is 47.9 Å². The Bertz CT molecular complexity index is 2490. The molecule has 0 radical (unpaired) electrons. The van der Waals surface area contributed by atoms with Crippen LogP contribution in [0, 0.1) is 0 Å². The zero-order valence-electron chi connectivity index (χ0n) is 61.6. The molecule has 0 unspecified atom stereocenters. The lowest BCUT2D eigenvalue weighted by atomic mass is 10.1. The maximum atomic E-state index is 14.0. The van der Waals surface area contributed by atoms with Crippen LogP contribution < -0.4 is 66.7 Å². The molecule has 22 N–H and O–H groups in total. The Morgan fingerprint density at radius 2 is 0.642 bits per heavy atom. The number of aliphatic carboxylic acids is 3. The topological polar surface area (TPSA) is 514 Å². The predicted molar refractivity (Wildman–Crippen MR) is 387 cm³/mol. The van der Waals surface area contributed by atoms with Crippen molar-refractivity contribution < 1.29 is 103 Å². The van der Waals surface area contributed by atoms with Crippen LogP contribution in [0.15, 0.2) is 39.3 Å². The molecule has 106 heavy (non-hydrogen) atoms. The second-order valence-electron chi connectivity index (χ2n) is 24.6. The highest BCUT2D eigenvalue weighted by Crippen LogP contribution is 2.17. The van der Waals surface area contributed by atoms with Crippen molar-refractivity contribution in [1.29, 1.82) is 0 Å². The van der Waals surface area contributed by atoms with Gasteiger partial charge in [0.05, 0.1) is 0 Å². The Morgan fingerprint density at radius 1 is 0.368 bits per heavy atom. The van der Waals surface area contributed by atoms with E-state index in [1.165, 1.54) is 81.9 Å². The minimum Gasteiger partial charge on any atom is -0.475 e. The van der Waals surface area contributed by atoms with Crippen molar-refractivity contribution in [2.24, 2.45) is 55.1 Å². The second kappa shape index (κ2) is 65.8. The Labute approximate surface area is 616 Å². The summed E-state index contributed by atoms with van der Waals surface area (Å²) in [5.74, 6) is -12.2. The number of carbonyl (C=O) groups excluding carboxylic acids is 7. The van der Waals surface area contributed by atoms with Gasteiger partial charge in [-0.15, -0.1) is 0 Å². The van der Waals surface area contributed by atoms with Gasteiger partial charge in [-0.3, -0.25) is 48.5 Å². The van der Waals surface area contributed by atoms with Crippen molar-refractivity contribution in [2.75, 3.05) is 45.8 Å². The van der Waals surface area contributed by atoms with E-state index in [0.717, 1.165) is 89.9 Å². The molecule has 0 spiro atoms. The van der Waals surface area contributed by atoms with E-state index >= 15 is 0 Å². The first-order valence-electron chi connectivity index (χ1n) is 36.2. The number of rotatable bonds is 57. The summed E-state index contributed by atoms with van der Waals surface area (Å²) >= 11 is 0. The number of primary amides is 1. The average molecular weight is 1540 g/mol. The van der Waals surface area contributed by atoms with Gasteiger partial charge in [-0.25, -0.2) is 14.4 Å². The van der Waals surface area contributed by atoms with Crippen LogP contribution in [0.25, 0.3) is 0 Å². The van der Waals surface area contributed by atoms with Crippen molar-refractivity contribution in [3.63, 3.8) is 0 Å². The van der Waals surface area contributed by atoms with E-state index in [2.05, 4.69) is 79.7 Å². The summed E-state index contributed by atoms with van der Waals surface area (Å²) in [7, 11) is 0. The van der Waals surface area contributed by atoms with E-state index < -0.39 is 78.2 Å². The highest BCUT2D eigenvalue weighted by atomic mass is 19.4. The zero-order chi connectivity index (χ0) is 81.2. The summed E-state index contributed by atoms with van der Waals surface area (Å²) in [4.78, 5) is 133. The highest BCUT2D eigenvalue weighted by Gasteiger charge is 2.40. The molecule has 0 aliphatic heterocycles. The maximum absolute atomic E-state index is 14.0. The Kier molecular flexibility index (Phi) is 64.4. The van der Waals surface area contributed by atoms with Crippen LogP contribution in [0.5, 0.6) is 0 Å². The van der Waals surface area contributed by atoms with Gasteiger partial charge in [0.1, 0.15) is 18.1 Å². The van der Waals surface area contributed by atoms with Gasteiger partial charge in [0.15, 0.2) is 17.9 Å². The largest absolute Gasteiger partial charge is 0.490 e. The van der Waals surface area contributed by atoms with Gasteiger partial charge in [0.2, 0.25) is 41.4 Å². The number of amides is 7. The molecule has 614 valence electrons. The van der Waals surface area contributed by atoms with E-state index in [0.29, 0.717) is 19.3 Å². The highest BCUT2D eigenvalue weighted by molar-refractivity contribution is 5.94.